The predicted octanol–water partition coefficient (Wildman–Crippen LogP) is 4.73. The fourth-order valence-corrected chi connectivity index (χ4v) is 3.69. The molecule has 0 aromatic heterocycles. The van der Waals surface area contributed by atoms with Crippen molar-refractivity contribution in [2.24, 2.45) is 5.41 Å². The molecule has 1 aromatic carbocycles. The molecule has 1 fully saturated rings. The minimum Gasteiger partial charge on any atom is -0.504 e. The molecule has 1 aliphatic carbocycles. The lowest BCUT2D eigenvalue weighted by atomic mass is 9.87. The quantitative estimate of drug-likeness (QED) is 0.234. The number of unbranched alkanes of at least 4 members (excludes halogenated alkanes) is 3. The summed E-state index contributed by atoms with van der Waals surface area (Å²) in [4.78, 5) is 21.7. The summed E-state index contributed by atoms with van der Waals surface area (Å²) in [5, 5.41) is 29.3. The Morgan fingerprint density at radius 2 is 1.79 bits per heavy atom. The van der Waals surface area contributed by atoms with Crippen LogP contribution in [-0.2, 0) is 27.2 Å². The summed E-state index contributed by atoms with van der Waals surface area (Å²) < 4.78 is 5.16. The average Bonchev–Trinajstić information content (AvgIpc) is 3.42. The Hall–Kier alpha value is -2.24. The molecule has 0 spiro atoms. The van der Waals surface area contributed by atoms with Crippen molar-refractivity contribution in [3.8, 4) is 11.5 Å². The van der Waals surface area contributed by atoms with E-state index in [1.54, 1.807) is 19.9 Å². The molecule has 1 aliphatic rings. The highest BCUT2D eigenvalue weighted by Gasteiger charge is 2.44. The van der Waals surface area contributed by atoms with Crippen LogP contribution in [0.2, 0.25) is 0 Å². The summed E-state index contributed by atoms with van der Waals surface area (Å²) in [5.74, 6) is -0.929. The van der Waals surface area contributed by atoms with Gasteiger partial charge in [-0.2, -0.15) is 0 Å². The van der Waals surface area contributed by atoms with E-state index in [-0.39, 0.29) is 17.1 Å². The van der Waals surface area contributed by atoms with Gasteiger partial charge in [0.1, 0.15) is 5.60 Å². The Kier molecular flexibility index (Phi) is 7.94. The zero-order valence-corrected chi connectivity index (χ0v) is 17.6. The molecule has 3 N–H and O–H groups in total. The third-order valence-electron chi connectivity index (χ3n) is 6.01. The van der Waals surface area contributed by atoms with Gasteiger partial charge in [0, 0.05) is 0 Å². The number of phenolic OH excluding ortho intramolecular Hbond substituents is 2. The number of aliphatic carboxylic acids is 1. The summed E-state index contributed by atoms with van der Waals surface area (Å²) in [6, 6.07) is 3.56. The molecule has 2 rings (SSSR count). The lowest BCUT2D eigenvalue weighted by Gasteiger charge is -2.18. The smallest absolute Gasteiger partial charge is 0.309 e. The van der Waals surface area contributed by atoms with Crippen LogP contribution in [0.15, 0.2) is 12.1 Å². The van der Waals surface area contributed by atoms with Crippen LogP contribution < -0.4 is 0 Å². The van der Waals surface area contributed by atoms with Crippen LogP contribution in [0.4, 0.5) is 0 Å². The fraction of sp³-hybridized carbons (Fsp3) is 0.652. The molecule has 162 valence electrons. The van der Waals surface area contributed by atoms with E-state index in [0.717, 1.165) is 68.9 Å². The van der Waals surface area contributed by atoms with Crippen LogP contribution in [0.5, 0.6) is 11.5 Å². The molecule has 0 heterocycles. The third kappa shape index (κ3) is 6.94. The molecular formula is C23H34O6. The molecule has 29 heavy (non-hydrogen) atoms. The molecule has 0 saturated heterocycles. The highest BCUT2D eigenvalue weighted by atomic mass is 16.5. The molecule has 1 saturated carbocycles. The standard InChI is InChI=1S/C23H34O6/c1-22(2,21(27)28)10-6-3-4-9-18-14-17(15-19(25)20(18)26)8-5-7-11-23(12-13-23)29-16-24/h14-16,25-26H,3-13H2,1-2H3,(H,27,28). The highest BCUT2D eigenvalue weighted by molar-refractivity contribution is 5.73. The molecule has 0 radical (unpaired) electrons. The van der Waals surface area contributed by atoms with Crippen molar-refractivity contribution in [2.45, 2.75) is 90.1 Å². The first-order valence-corrected chi connectivity index (χ1v) is 10.6. The first-order valence-electron chi connectivity index (χ1n) is 10.6. The molecule has 0 amide bonds. The van der Waals surface area contributed by atoms with E-state index in [2.05, 4.69) is 0 Å². The number of hydrogen-bond acceptors (Lipinski definition) is 5. The minimum atomic E-state index is -0.780. The molecule has 0 bridgehead atoms. The van der Waals surface area contributed by atoms with Crippen molar-refractivity contribution >= 4 is 12.4 Å². The zero-order chi connectivity index (χ0) is 21.5. The van der Waals surface area contributed by atoms with Gasteiger partial charge in [0.2, 0.25) is 0 Å². The van der Waals surface area contributed by atoms with Crippen LogP contribution in [0, 0.1) is 5.41 Å². The Labute approximate surface area is 172 Å². The second-order valence-electron chi connectivity index (χ2n) is 8.98. The number of carbonyl (C=O) groups is 2. The number of carboxylic acids is 1. The third-order valence-corrected chi connectivity index (χ3v) is 6.01. The van der Waals surface area contributed by atoms with E-state index in [1.807, 2.05) is 6.07 Å². The van der Waals surface area contributed by atoms with E-state index in [1.165, 1.54) is 0 Å². The fourth-order valence-electron chi connectivity index (χ4n) is 3.69. The highest BCUT2D eigenvalue weighted by Crippen LogP contribution is 2.43. The molecule has 0 aliphatic heterocycles. The number of benzene rings is 1. The van der Waals surface area contributed by atoms with E-state index in [9.17, 15) is 19.8 Å². The minimum absolute atomic E-state index is 0.0593. The van der Waals surface area contributed by atoms with Gasteiger partial charge in [-0.3, -0.25) is 9.59 Å². The maximum absolute atomic E-state index is 11.1. The van der Waals surface area contributed by atoms with Crippen LogP contribution in [0.3, 0.4) is 0 Å². The second kappa shape index (κ2) is 9.99. The first kappa shape index (κ1) is 23.0. The molecule has 6 heteroatoms. The molecule has 0 atom stereocenters. The van der Waals surface area contributed by atoms with Crippen molar-refractivity contribution in [3.05, 3.63) is 23.3 Å². The summed E-state index contributed by atoms with van der Waals surface area (Å²) in [5.41, 5.74) is 0.791. The van der Waals surface area contributed by atoms with Gasteiger partial charge in [-0.1, -0.05) is 18.9 Å². The Balaban J connectivity index is 1.77. The number of ether oxygens (including phenoxy) is 1. The number of aryl methyl sites for hydroxylation is 2. The second-order valence-corrected chi connectivity index (χ2v) is 8.98. The first-order chi connectivity index (χ1) is 13.7. The number of carboxylic acid groups (broad SMARTS) is 1. The molecule has 0 unspecified atom stereocenters. The zero-order valence-electron chi connectivity index (χ0n) is 17.6. The van der Waals surface area contributed by atoms with E-state index < -0.39 is 11.4 Å². The van der Waals surface area contributed by atoms with Gasteiger partial charge in [0.25, 0.3) is 6.47 Å². The van der Waals surface area contributed by atoms with Gasteiger partial charge in [-0.25, -0.2) is 0 Å². The van der Waals surface area contributed by atoms with Crippen molar-refractivity contribution in [3.63, 3.8) is 0 Å². The summed E-state index contributed by atoms with van der Waals surface area (Å²) in [7, 11) is 0. The van der Waals surface area contributed by atoms with Gasteiger partial charge in [0.05, 0.1) is 5.41 Å². The Morgan fingerprint density at radius 1 is 1.10 bits per heavy atom. The predicted molar refractivity (Wildman–Crippen MR) is 110 cm³/mol. The normalized spacial score (nSPS) is 15.1. The van der Waals surface area contributed by atoms with Gasteiger partial charge >= 0.3 is 5.97 Å². The Bertz CT molecular complexity index is 706. The van der Waals surface area contributed by atoms with Gasteiger partial charge in [-0.05, 0) is 88.8 Å². The average molecular weight is 407 g/mol. The van der Waals surface area contributed by atoms with Crippen molar-refractivity contribution in [2.75, 3.05) is 0 Å². The van der Waals surface area contributed by atoms with Crippen molar-refractivity contribution in [1.29, 1.82) is 0 Å². The number of aromatic hydroxyl groups is 2. The van der Waals surface area contributed by atoms with Gasteiger partial charge in [-0.15, -0.1) is 0 Å². The van der Waals surface area contributed by atoms with Gasteiger partial charge < -0.3 is 20.1 Å². The van der Waals surface area contributed by atoms with Crippen LogP contribution in [0.25, 0.3) is 0 Å². The maximum atomic E-state index is 11.1. The molecule has 6 nitrogen and oxygen atoms in total. The maximum Gasteiger partial charge on any atom is 0.309 e. The van der Waals surface area contributed by atoms with Crippen LogP contribution >= 0.6 is 0 Å². The number of hydrogen-bond donors (Lipinski definition) is 3. The summed E-state index contributed by atoms with van der Waals surface area (Å²) in [6.45, 7) is 4.01. The lowest BCUT2D eigenvalue weighted by molar-refractivity contribution is -0.147. The topological polar surface area (TPSA) is 104 Å². The van der Waals surface area contributed by atoms with E-state index in [0.29, 0.717) is 19.3 Å². The summed E-state index contributed by atoms with van der Waals surface area (Å²) in [6.07, 6.45) is 9.22. The largest absolute Gasteiger partial charge is 0.504 e. The number of carbonyl (C=O) groups excluding carboxylic acids is 1. The lowest BCUT2D eigenvalue weighted by Crippen LogP contribution is -2.23. The monoisotopic (exact) mass is 406 g/mol. The number of phenols is 2. The van der Waals surface area contributed by atoms with Crippen molar-refractivity contribution < 1.29 is 29.6 Å². The van der Waals surface area contributed by atoms with Crippen molar-refractivity contribution in [1.82, 2.24) is 0 Å². The number of rotatable bonds is 14. The molecular weight excluding hydrogens is 372 g/mol. The van der Waals surface area contributed by atoms with E-state index in [4.69, 9.17) is 9.84 Å². The molecule has 1 aromatic rings. The van der Waals surface area contributed by atoms with Crippen LogP contribution in [-0.4, -0.2) is 33.4 Å². The van der Waals surface area contributed by atoms with E-state index >= 15 is 0 Å². The summed E-state index contributed by atoms with van der Waals surface area (Å²) >= 11 is 0. The SMILES string of the molecule is CC(C)(CCCCCc1cc(CCCCC2(OC=O)CC2)cc(O)c1O)C(=O)O. The van der Waals surface area contributed by atoms with Crippen LogP contribution in [0.1, 0.15) is 82.8 Å². The Morgan fingerprint density at radius 3 is 2.41 bits per heavy atom. The van der Waals surface area contributed by atoms with Gasteiger partial charge in [0.15, 0.2) is 11.5 Å².